The van der Waals surface area contributed by atoms with E-state index in [4.69, 9.17) is 4.74 Å². The summed E-state index contributed by atoms with van der Waals surface area (Å²) in [4.78, 5) is 40.9. The van der Waals surface area contributed by atoms with Gasteiger partial charge in [0.25, 0.3) is 0 Å². The largest absolute Gasteiger partial charge is 0.491 e. The summed E-state index contributed by atoms with van der Waals surface area (Å²) in [5, 5.41) is 10.6. The average molecular weight is 455 g/mol. The van der Waals surface area contributed by atoms with Crippen molar-refractivity contribution in [3.8, 4) is 5.75 Å². The molecular weight excluding hydrogens is 424 g/mol. The number of aryl methyl sites for hydroxylation is 1. The van der Waals surface area contributed by atoms with Crippen molar-refractivity contribution in [1.82, 2.24) is 9.80 Å². The Morgan fingerprint density at radius 3 is 2.58 bits per heavy atom. The lowest BCUT2D eigenvalue weighted by molar-refractivity contribution is -0.157. The Bertz CT molecular complexity index is 964. The van der Waals surface area contributed by atoms with Crippen LogP contribution in [0.1, 0.15) is 17.5 Å². The second-order valence-corrected chi connectivity index (χ2v) is 8.12. The normalized spacial score (nSPS) is 16.9. The number of rotatable bonds is 9. The molecular formula is C25H30N2O6. The molecule has 2 aromatic rings. The van der Waals surface area contributed by atoms with E-state index in [9.17, 15) is 19.5 Å². The van der Waals surface area contributed by atoms with E-state index in [0.717, 1.165) is 11.1 Å². The summed E-state index contributed by atoms with van der Waals surface area (Å²) in [5.41, 5.74) is 1.90. The molecule has 1 saturated heterocycles. The molecule has 1 N–H and O–H groups in total. The van der Waals surface area contributed by atoms with E-state index < -0.39 is 18.1 Å². The molecule has 2 unspecified atom stereocenters. The van der Waals surface area contributed by atoms with Gasteiger partial charge in [-0.15, -0.1) is 0 Å². The number of methoxy groups -OCH3 is 1. The first-order chi connectivity index (χ1) is 15.9. The standard InChI is InChI=1S/C25H30N2O6/c1-18-7-6-8-19(13-18)14-23(29)27-12-11-26(16-24(30)32-2)25(31)22(27)15-20(28)17-33-21-9-4-3-5-10-21/h3-10,13,20,22,28H,11-12,14-17H2,1-2H3. The molecule has 0 bridgehead atoms. The van der Waals surface area contributed by atoms with E-state index in [1.807, 2.05) is 49.4 Å². The fraction of sp³-hybridized carbons (Fsp3) is 0.400. The van der Waals surface area contributed by atoms with Crippen molar-refractivity contribution in [3.05, 3.63) is 65.7 Å². The number of piperazine rings is 1. The molecule has 176 valence electrons. The summed E-state index contributed by atoms with van der Waals surface area (Å²) >= 11 is 0. The van der Waals surface area contributed by atoms with Crippen molar-refractivity contribution in [2.24, 2.45) is 0 Å². The smallest absolute Gasteiger partial charge is 0.325 e. The van der Waals surface area contributed by atoms with Crippen molar-refractivity contribution in [3.63, 3.8) is 0 Å². The molecule has 0 aromatic heterocycles. The minimum absolute atomic E-state index is 0.00287. The Hall–Kier alpha value is -3.39. The van der Waals surface area contributed by atoms with E-state index in [1.54, 1.807) is 12.1 Å². The number of benzene rings is 2. The van der Waals surface area contributed by atoms with Crippen molar-refractivity contribution >= 4 is 17.8 Å². The number of hydrogen-bond acceptors (Lipinski definition) is 6. The maximum absolute atomic E-state index is 13.2. The quantitative estimate of drug-likeness (QED) is 0.578. The van der Waals surface area contributed by atoms with Crippen molar-refractivity contribution in [1.29, 1.82) is 0 Å². The average Bonchev–Trinajstić information content (AvgIpc) is 2.81. The van der Waals surface area contributed by atoms with Gasteiger partial charge in [0.1, 0.15) is 24.9 Å². The summed E-state index contributed by atoms with van der Waals surface area (Å²) < 4.78 is 10.3. The third kappa shape index (κ3) is 6.79. The van der Waals surface area contributed by atoms with Crippen molar-refractivity contribution in [2.45, 2.75) is 31.9 Å². The van der Waals surface area contributed by atoms with Gasteiger partial charge < -0.3 is 24.4 Å². The van der Waals surface area contributed by atoms with Crippen LogP contribution in [0.25, 0.3) is 0 Å². The van der Waals surface area contributed by atoms with Crippen LogP contribution in [0.3, 0.4) is 0 Å². The molecule has 8 nitrogen and oxygen atoms in total. The maximum Gasteiger partial charge on any atom is 0.325 e. The van der Waals surface area contributed by atoms with Crippen LogP contribution in [0.5, 0.6) is 5.75 Å². The first-order valence-corrected chi connectivity index (χ1v) is 10.9. The second-order valence-electron chi connectivity index (χ2n) is 8.12. The second kappa shape index (κ2) is 11.5. The fourth-order valence-corrected chi connectivity index (χ4v) is 3.88. The van der Waals surface area contributed by atoms with Crippen LogP contribution in [-0.2, 0) is 25.5 Å². The molecule has 3 rings (SSSR count). The Labute approximate surface area is 193 Å². The van der Waals surface area contributed by atoms with Crippen molar-refractivity contribution in [2.75, 3.05) is 33.4 Å². The van der Waals surface area contributed by atoms with E-state index in [2.05, 4.69) is 4.74 Å². The van der Waals surface area contributed by atoms with Crippen LogP contribution >= 0.6 is 0 Å². The number of amides is 2. The molecule has 8 heteroatoms. The van der Waals surface area contributed by atoms with E-state index in [0.29, 0.717) is 5.75 Å². The molecule has 2 amide bonds. The zero-order chi connectivity index (χ0) is 23.8. The molecule has 1 aliphatic heterocycles. The van der Waals surface area contributed by atoms with Crippen LogP contribution in [0.15, 0.2) is 54.6 Å². The maximum atomic E-state index is 13.2. The highest BCUT2D eigenvalue weighted by Gasteiger charge is 2.39. The lowest BCUT2D eigenvalue weighted by Gasteiger charge is -2.41. The Kier molecular flexibility index (Phi) is 8.43. The van der Waals surface area contributed by atoms with Gasteiger partial charge in [-0.05, 0) is 24.6 Å². The highest BCUT2D eigenvalue weighted by atomic mass is 16.5. The molecule has 0 saturated carbocycles. The number of aliphatic hydroxyl groups excluding tert-OH is 1. The highest BCUT2D eigenvalue weighted by molar-refractivity contribution is 5.91. The third-order valence-electron chi connectivity index (χ3n) is 5.57. The number of carbonyl (C=O) groups is 3. The zero-order valence-electron chi connectivity index (χ0n) is 19.0. The predicted octanol–water partition coefficient (Wildman–Crippen LogP) is 1.58. The number of carbonyl (C=O) groups excluding carboxylic acids is 3. The van der Waals surface area contributed by atoms with E-state index in [1.165, 1.54) is 16.9 Å². The van der Waals surface area contributed by atoms with Gasteiger partial charge in [0.05, 0.1) is 19.6 Å². The fourth-order valence-electron chi connectivity index (χ4n) is 3.88. The van der Waals surface area contributed by atoms with Gasteiger partial charge in [0.15, 0.2) is 0 Å². The predicted molar refractivity (Wildman–Crippen MR) is 122 cm³/mol. The topological polar surface area (TPSA) is 96.4 Å². The van der Waals surface area contributed by atoms with E-state index in [-0.39, 0.29) is 50.9 Å². The molecule has 1 fully saturated rings. The van der Waals surface area contributed by atoms with Gasteiger partial charge in [-0.25, -0.2) is 0 Å². The number of para-hydroxylation sites is 1. The first-order valence-electron chi connectivity index (χ1n) is 10.9. The number of aliphatic hydroxyl groups is 1. The summed E-state index contributed by atoms with van der Waals surface area (Å²) in [6.45, 7) is 2.23. The molecule has 0 spiro atoms. The van der Waals surface area contributed by atoms with Crippen LogP contribution in [0, 0.1) is 6.92 Å². The molecule has 1 aliphatic rings. The van der Waals surface area contributed by atoms with Crippen molar-refractivity contribution < 1.29 is 29.0 Å². The van der Waals surface area contributed by atoms with Crippen LogP contribution in [0.2, 0.25) is 0 Å². The number of ether oxygens (including phenoxy) is 2. The van der Waals surface area contributed by atoms with Gasteiger partial charge in [-0.2, -0.15) is 0 Å². The molecule has 2 atom stereocenters. The van der Waals surface area contributed by atoms with Gasteiger partial charge >= 0.3 is 5.97 Å². The number of hydrogen-bond donors (Lipinski definition) is 1. The minimum atomic E-state index is -0.980. The van der Waals surface area contributed by atoms with Gasteiger partial charge in [0, 0.05) is 19.5 Å². The lowest BCUT2D eigenvalue weighted by atomic mass is 10.0. The Morgan fingerprint density at radius 1 is 1.12 bits per heavy atom. The van der Waals surface area contributed by atoms with E-state index >= 15 is 0 Å². The molecule has 0 aliphatic carbocycles. The van der Waals surface area contributed by atoms with Crippen LogP contribution in [0.4, 0.5) is 0 Å². The molecule has 0 radical (unpaired) electrons. The number of esters is 1. The summed E-state index contributed by atoms with van der Waals surface area (Å²) in [6.07, 6.45) is -0.825. The summed E-state index contributed by atoms with van der Waals surface area (Å²) in [5.74, 6) is -0.517. The Balaban J connectivity index is 1.71. The SMILES string of the molecule is COC(=O)CN1CCN(C(=O)Cc2cccc(C)c2)C(CC(O)COc2ccccc2)C1=O. The highest BCUT2D eigenvalue weighted by Crippen LogP contribution is 2.20. The van der Waals surface area contributed by atoms with Crippen LogP contribution in [-0.4, -0.2) is 78.2 Å². The summed E-state index contributed by atoms with van der Waals surface area (Å²) in [7, 11) is 1.26. The first kappa shape index (κ1) is 24.3. The van der Waals surface area contributed by atoms with Gasteiger partial charge in [0.2, 0.25) is 11.8 Å². The van der Waals surface area contributed by atoms with Gasteiger partial charge in [-0.1, -0.05) is 48.0 Å². The van der Waals surface area contributed by atoms with Gasteiger partial charge in [-0.3, -0.25) is 14.4 Å². The van der Waals surface area contributed by atoms with Crippen LogP contribution < -0.4 is 4.74 Å². The molecule has 33 heavy (non-hydrogen) atoms. The molecule has 1 heterocycles. The number of nitrogens with zero attached hydrogens (tertiary/aromatic N) is 2. The minimum Gasteiger partial charge on any atom is -0.491 e. The third-order valence-corrected chi connectivity index (χ3v) is 5.57. The lowest BCUT2D eigenvalue weighted by Crippen LogP contribution is -2.60. The monoisotopic (exact) mass is 454 g/mol. The molecule has 2 aromatic carbocycles. The zero-order valence-corrected chi connectivity index (χ0v) is 19.0. The Morgan fingerprint density at radius 2 is 1.88 bits per heavy atom. The summed E-state index contributed by atoms with van der Waals surface area (Å²) in [6, 6.07) is 15.8.